The van der Waals surface area contributed by atoms with Crippen molar-refractivity contribution >= 4 is 17.3 Å². The van der Waals surface area contributed by atoms with Gasteiger partial charge in [0.2, 0.25) is 0 Å². The van der Waals surface area contributed by atoms with Crippen molar-refractivity contribution in [3.63, 3.8) is 0 Å². The highest BCUT2D eigenvalue weighted by Crippen LogP contribution is 2.34. The van der Waals surface area contributed by atoms with Gasteiger partial charge in [-0.05, 0) is 49.7 Å². The molecule has 4 heteroatoms. The van der Waals surface area contributed by atoms with Gasteiger partial charge in [0.1, 0.15) is 6.04 Å². The predicted octanol–water partition coefficient (Wildman–Crippen LogP) is 2.28. The molecule has 18 heavy (non-hydrogen) atoms. The van der Waals surface area contributed by atoms with E-state index < -0.39 is 0 Å². The lowest BCUT2D eigenvalue weighted by Gasteiger charge is -2.14. The Morgan fingerprint density at radius 2 is 2.39 bits per heavy atom. The minimum absolute atomic E-state index is 0.105. The molecule has 0 saturated heterocycles. The van der Waals surface area contributed by atoms with Crippen LogP contribution in [0.15, 0.2) is 6.07 Å². The molecule has 1 saturated carbocycles. The van der Waals surface area contributed by atoms with Crippen LogP contribution in [0, 0.1) is 5.92 Å². The molecule has 0 aliphatic heterocycles. The summed E-state index contributed by atoms with van der Waals surface area (Å²) in [4.78, 5) is 14.6. The molecule has 0 spiro atoms. The number of carbonyl (C=O) groups is 1. The highest BCUT2D eigenvalue weighted by Gasteiger charge is 2.36. The molecule has 1 heterocycles. The van der Waals surface area contributed by atoms with E-state index in [1.807, 2.05) is 11.3 Å². The van der Waals surface area contributed by atoms with E-state index in [1.165, 1.54) is 36.8 Å². The number of ether oxygens (including phenoxy) is 1. The fraction of sp³-hybridized carbons (Fsp3) is 0.643. The van der Waals surface area contributed by atoms with Crippen molar-refractivity contribution < 1.29 is 9.53 Å². The first kappa shape index (κ1) is 12.2. The lowest BCUT2D eigenvalue weighted by molar-refractivity contribution is -0.143. The molecule has 1 atom stereocenters. The van der Waals surface area contributed by atoms with Gasteiger partial charge in [0.25, 0.3) is 0 Å². The van der Waals surface area contributed by atoms with Crippen LogP contribution in [-0.2, 0) is 28.9 Å². The van der Waals surface area contributed by atoms with Gasteiger partial charge in [-0.15, -0.1) is 11.3 Å². The SMILES string of the molecule is COC(=O)C(NCc1cc2c(s1)CCC2)C1CC1. The van der Waals surface area contributed by atoms with Crippen molar-refractivity contribution in [2.75, 3.05) is 7.11 Å². The average molecular weight is 265 g/mol. The van der Waals surface area contributed by atoms with Crippen LogP contribution in [0.25, 0.3) is 0 Å². The number of carbonyl (C=O) groups excluding carboxylic acids is 1. The Balaban J connectivity index is 1.60. The fourth-order valence-electron chi connectivity index (χ4n) is 2.69. The van der Waals surface area contributed by atoms with Crippen molar-refractivity contribution in [3.8, 4) is 0 Å². The molecule has 0 aromatic carbocycles. The third kappa shape index (κ3) is 2.45. The van der Waals surface area contributed by atoms with Crippen molar-refractivity contribution in [2.24, 2.45) is 5.92 Å². The Labute approximate surface area is 112 Å². The third-order valence-electron chi connectivity index (χ3n) is 3.84. The molecule has 0 amide bonds. The summed E-state index contributed by atoms with van der Waals surface area (Å²) < 4.78 is 4.87. The molecule has 2 aliphatic carbocycles. The van der Waals surface area contributed by atoms with Crippen LogP contribution in [0.2, 0.25) is 0 Å². The van der Waals surface area contributed by atoms with E-state index in [-0.39, 0.29) is 12.0 Å². The van der Waals surface area contributed by atoms with Gasteiger partial charge < -0.3 is 4.74 Å². The van der Waals surface area contributed by atoms with Gasteiger partial charge in [-0.25, -0.2) is 0 Å². The molecule has 1 aromatic rings. The first-order chi connectivity index (χ1) is 8.78. The average Bonchev–Trinajstić information content (AvgIpc) is 2.97. The van der Waals surface area contributed by atoms with Crippen LogP contribution >= 0.6 is 11.3 Å². The number of thiophene rings is 1. The molecule has 1 N–H and O–H groups in total. The van der Waals surface area contributed by atoms with Crippen LogP contribution in [0.3, 0.4) is 0 Å². The first-order valence-corrected chi connectivity index (χ1v) is 7.51. The third-order valence-corrected chi connectivity index (χ3v) is 5.08. The summed E-state index contributed by atoms with van der Waals surface area (Å²) in [7, 11) is 1.47. The van der Waals surface area contributed by atoms with Gasteiger partial charge in [0.05, 0.1) is 7.11 Å². The summed E-state index contributed by atoms with van der Waals surface area (Å²) in [6.07, 6.45) is 6.07. The number of nitrogens with one attached hydrogen (secondary N) is 1. The van der Waals surface area contributed by atoms with E-state index in [2.05, 4.69) is 11.4 Å². The summed E-state index contributed by atoms with van der Waals surface area (Å²) >= 11 is 1.90. The monoisotopic (exact) mass is 265 g/mol. The topological polar surface area (TPSA) is 38.3 Å². The van der Waals surface area contributed by atoms with E-state index in [0.717, 1.165) is 19.4 Å². The minimum atomic E-state index is -0.110. The van der Waals surface area contributed by atoms with Gasteiger partial charge in [0, 0.05) is 16.3 Å². The first-order valence-electron chi connectivity index (χ1n) is 6.69. The van der Waals surface area contributed by atoms with Gasteiger partial charge in [0.15, 0.2) is 0 Å². The molecular weight excluding hydrogens is 246 g/mol. The molecule has 1 fully saturated rings. The second-order valence-corrected chi connectivity index (χ2v) is 6.46. The Morgan fingerprint density at radius 1 is 1.56 bits per heavy atom. The number of hydrogen-bond donors (Lipinski definition) is 1. The highest BCUT2D eigenvalue weighted by molar-refractivity contribution is 7.12. The van der Waals surface area contributed by atoms with Crippen LogP contribution < -0.4 is 5.32 Å². The number of hydrogen-bond acceptors (Lipinski definition) is 4. The van der Waals surface area contributed by atoms with Crippen molar-refractivity contribution in [1.82, 2.24) is 5.32 Å². The molecular formula is C14H19NO2S. The normalized spacial score (nSPS) is 19.6. The van der Waals surface area contributed by atoms with Crippen LogP contribution in [0.5, 0.6) is 0 Å². The number of methoxy groups -OCH3 is 1. The molecule has 3 rings (SSSR count). The minimum Gasteiger partial charge on any atom is -0.468 e. The smallest absolute Gasteiger partial charge is 0.323 e. The Kier molecular flexibility index (Phi) is 3.39. The van der Waals surface area contributed by atoms with E-state index in [1.54, 1.807) is 4.88 Å². The van der Waals surface area contributed by atoms with Crippen LogP contribution in [-0.4, -0.2) is 19.1 Å². The summed E-state index contributed by atoms with van der Waals surface area (Å²) in [5.74, 6) is 0.380. The van der Waals surface area contributed by atoms with E-state index >= 15 is 0 Å². The maximum atomic E-state index is 11.7. The van der Waals surface area contributed by atoms with Crippen molar-refractivity contribution in [2.45, 2.75) is 44.7 Å². The number of fused-ring (bicyclic) bond motifs is 1. The standard InChI is InChI=1S/C14H19NO2S/c1-17-14(16)13(9-5-6-9)15-8-11-7-10-3-2-4-12(10)18-11/h7,9,13,15H,2-6,8H2,1H3. The van der Waals surface area contributed by atoms with E-state index in [0.29, 0.717) is 5.92 Å². The Bertz CT molecular complexity index is 429. The fourth-order valence-corrected chi connectivity index (χ4v) is 3.90. The largest absolute Gasteiger partial charge is 0.468 e. The summed E-state index contributed by atoms with van der Waals surface area (Å²) in [5, 5.41) is 3.37. The van der Waals surface area contributed by atoms with E-state index in [9.17, 15) is 4.79 Å². The summed E-state index contributed by atoms with van der Waals surface area (Å²) in [6.45, 7) is 0.800. The zero-order chi connectivity index (χ0) is 12.5. The van der Waals surface area contributed by atoms with E-state index in [4.69, 9.17) is 4.74 Å². The second-order valence-electron chi connectivity index (χ2n) is 5.23. The predicted molar refractivity (Wildman–Crippen MR) is 71.7 cm³/mol. The number of rotatable bonds is 5. The Hall–Kier alpha value is -0.870. The maximum Gasteiger partial charge on any atom is 0.323 e. The molecule has 2 aliphatic rings. The lowest BCUT2D eigenvalue weighted by atomic mass is 10.2. The van der Waals surface area contributed by atoms with Crippen LogP contribution in [0.1, 0.15) is 34.6 Å². The number of esters is 1. The zero-order valence-electron chi connectivity index (χ0n) is 10.7. The zero-order valence-corrected chi connectivity index (χ0v) is 11.5. The molecule has 1 unspecified atom stereocenters. The maximum absolute atomic E-state index is 11.7. The molecule has 3 nitrogen and oxygen atoms in total. The summed E-state index contributed by atoms with van der Waals surface area (Å²) in [5.41, 5.74) is 1.53. The molecule has 1 aromatic heterocycles. The molecule has 0 radical (unpaired) electrons. The van der Waals surface area contributed by atoms with Crippen LogP contribution in [0.4, 0.5) is 0 Å². The molecule has 0 bridgehead atoms. The van der Waals surface area contributed by atoms with Gasteiger partial charge in [-0.2, -0.15) is 0 Å². The number of aryl methyl sites for hydroxylation is 2. The van der Waals surface area contributed by atoms with Crippen molar-refractivity contribution in [1.29, 1.82) is 0 Å². The second kappa shape index (κ2) is 5.02. The van der Waals surface area contributed by atoms with Gasteiger partial charge in [-0.1, -0.05) is 0 Å². The molecule has 98 valence electrons. The summed E-state index contributed by atoms with van der Waals surface area (Å²) in [6, 6.07) is 2.20. The van der Waals surface area contributed by atoms with Crippen molar-refractivity contribution in [3.05, 3.63) is 21.4 Å². The quantitative estimate of drug-likeness (QED) is 0.830. The van der Waals surface area contributed by atoms with Gasteiger partial charge >= 0.3 is 5.97 Å². The van der Waals surface area contributed by atoms with Gasteiger partial charge in [-0.3, -0.25) is 10.1 Å². The lowest BCUT2D eigenvalue weighted by Crippen LogP contribution is -2.38. The Morgan fingerprint density at radius 3 is 3.06 bits per heavy atom. The highest BCUT2D eigenvalue weighted by atomic mass is 32.1.